The molecule has 1 atom stereocenters. The molecule has 2 saturated heterocycles. The summed E-state index contributed by atoms with van der Waals surface area (Å²) >= 11 is 0. The molecule has 3 rings (SSSR count). The van der Waals surface area contributed by atoms with E-state index in [1.807, 2.05) is 9.80 Å². The summed E-state index contributed by atoms with van der Waals surface area (Å²) in [6, 6.07) is 6.14. The minimum absolute atomic E-state index is 0.0732. The lowest BCUT2D eigenvalue weighted by molar-refractivity contribution is -0.138. The van der Waals surface area contributed by atoms with Gasteiger partial charge in [0, 0.05) is 19.6 Å². The molecule has 29 heavy (non-hydrogen) atoms. The van der Waals surface area contributed by atoms with Gasteiger partial charge in [0.1, 0.15) is 0 Å². The lowest BCUT2D eigenvalue weighted by atomic mass is 10.0. The van der Waals surface area contributed by atoms with Crippen molar-refractivity contribution in [1.29, 1.82) is 0 Å². The van der Waals surface area contributed by atoms with Gasteiger partial charge in [0.2, 0.25) is 21.8 Å². The molecule has 2 aliphatic rings. The van der Waals surface area contributed by atoms with Crippen LogP contribution in [0.25, 0.3) is 0 Å². The minimum atomic E-state index is -3.69. The van der Waals surface area contributed by atoms with Gasteiger partial charge in [-0.1, -0.05) is 18.6 Å². The number of piperidine rings is 1. The van der Waals surface area contributed by atoms with E-state index >= 15 is 0 Å². The van der Waals surface area contributed by atoms with E-state index in [9.17, 15) is 18.0 Å². The van der Waals surface area contributed by atoms with Crippen molar-refractivity contribution < 1.29 is 18.0 Å². The minimum Gasteiger partial charge on any atom is -0.355 e. The fourth-order valence-electron chi connectivity index (χ4n) is 4.04. The second-order valence-electron chi connectivity index (χ2n) is 7.80. The monoisotopic (exact) mass is 422 g/mol. The zero-order valence-electron chi connectivity index (χ0n) is 16.7. The maximum absolute atomic E-state index is 12.8. The molecule has 2 amide bonds. The third-order valence-corrected chi connectivity index (χ3v) is 6.58. The molecule has 2 heterocycles. The number of rotatable bonds is 7. The predicted octanol–water partition coefficient (Wildman–Crippen LogP) is 0.470. The van der Waals surface area contributed by atoms with Crippen molar-refractivity contribution in [3.05, 3.63) is 29.8 Å². The Morgan fingerprint density at radius 1 is 1.03 bits per heavy atom. The first kappa shape index (κ1) is 21.7. The molecule has 1 aromatic rings. The van der Waals surface area contributed by atoms with E-state index in [0.29, 0.717) is 13.0 Å². The number of amides is 2. The van der Waals surface area contributed by atoms with Gasteiger partial charge in [0.05, 0.1) is 17.5 Å². The fraction of sp³-hybridized carbons (Fsp3) is 0.600. The molecule has 160 valence electrons. The number of carbonyl (C=O) groups excluding carboxylic acids is 2. The van der Waals surface area contributed by atoms with E-state index in [-0.39, 0.29) is 29.3 Å². The maximum atomic E-state index is 12.8. The van der Waals surface area contributed by atoms with E-state index in [1.54, 1.807) is 12.1 Å². The van der Waals surface area contributed by atoms with E-state index in [2.05, 4.69) is 5.32 Å². The normalized spacial score (nSPS) is 20.6. The van der Waals surface area contributed by atoms with Crippen LogP contribution in [0, 0.1) is 0 Å². The van der Waals surface area contributed by atoms with Gasteiger partial charge in [-0.25, -0.2) is 13.6 Å². The van der Waals surface area contributed by atoms with Crippen molar-refractivity contribution in [2.24, 2.45) is 5.14 Å². The van der Waals surface area contributed by atoms with Crippen LogP contribution in [0.15, 0.2) is 29.2 Å². The topological polar surface area (TPSA) is 113 Å². The molecule has 1 unspecified atom stereocenters. The van der Waals surface area contributed by atoms with Crippen LogP contribution in [0.1, 0.15) is 37.7 Å². The summed E-state index contributed by atoms with van der Waals surface area (Å²) < 4.78 is 22.6. The Labute approximate surface area is 172 Å². The van der Waals surface area contributed by atoms with Crippen molar-refractivity contribution in [1.82, 2.24) is 15.1 Å². The van der Waals surface area contributed by atoms with Gasteiger partial charge in [0.15, 0.2) is 0 Å². The highest BCUT2D eigenvalue weighted by molar-refractivity contribution is 7.89. The summed E-state index contributed by atoms with van der Waals surface area (Å²) in [4.78, 5) is 29.2. The fourth-order valence-corrected chi connectivity index (χ4v) is 4.56. The molecule has 8 nitrogen and oxygen atoms in total. The van der Waals surface area contributed by atoms with E-state index < -0.39 is 10.0 Å². The van der Waals surface area contributed by atoms with Gasteiger partial charge in [-0.2, -0.15) is 0 Å². The highest BCUT2D eigenvalue weighted by atomic mass is 32.2. The van der Waals surface area contributed by atoms with Crippen LogP contribution in [0.2, 0.25) is 0 Å². The second-order valence-corrected chi connectivity index (χ2v) is 9.36. The molecule has 2 aliphatic heterocycles. The Bertz CT molecular complexity index is 819. The number of benzene rings is 1. The quantitative estimate of drug-likeness (QED) is 0.663. The van der Waals surface area contributed by atoms with Gasteiger partial charge >= 0.3 is 0 Å². The molecular formula is C20H30N4O4S. The maximum Gasteiger partial charge on any atom is 0.239 e. The van der Waals surface area contributed by atoms with Crippen molar-refractivity contribution in [3.8, 4) is 0 Å². The number of nitrogens with one attached hydrogen (secondary N) is 1. The Kier molecular flexibility index (Phi) is 7.26. The first-order valence-corrected chi connectivity index (χ1v) is 11.8. The molecule has 0 saturated carbocycles. The molecule has 0 spiro atoms. The van der Waals surface area contributed by atoms with Crippen molar-refractivity contribution in [3.63, 3.8) is 0 Å². The van der Waals surface area contributed by atoms with Crippen LogP contribution in [0.5, 0.6) is 0 Å². The Balaban J connectivity index is 1.47. The van der Waals surface area contributed by atoms with Crippen LogP contribution in [-0.2, 0) is 26.0 Å². The smallest absolute Gasteiger partial charge is 0.239 e. The first-order valence-electron chi connectivity index (χ1n) is 10.3. The number of hydrogen-bond acceptors (Lipinski definition) is 5. The number of nitrogens with zero attached hydrogens (tertiary/aromatic N) is 2. The summed E-state index contributed by atoms with van der Waals surface area (Å²) in [6.45, 7) is 3.12. The van der Waals surface area contributed by atoms with E-state index in [1.165, 1.54) is 12.1 Å². The van der Waals surface area contributed by atoms with Crippen LogP contribution < -0.4 is 10.5 Å². The average Bonchev–Trinajstić information content (AvgIpc) is 3.22. The first-order chi connectivity index (χ1) is 13.8. The van der Waals surface area contributed by atoms with E-state index in [0.717, 1.165) is 57.3 Å². The molecule has 9 heteroatoms. The summed E-state index contributed by atoms with van der Waals surface area (Å²) in [5, 5.41) is 8.00. The van der Waals surface area contributed by atoms with Gasteiger partial charge < -0.3 is 10.2 Å². The zero-order chi connectivity index (χ0) is 20.9. The van der Waals surface area contributed by atoms with Crippen LogP contribution in [0.3, 0.4) is 0 Å². The SMILES string of the molecule is NS(=O)(=O)c1ccc(CCNC(=O)CN2CCCCC2C(=O)N2CCCC2)cc1. The van der Waals surface area contributed by atoms with Gasteiger partial charge in [-0.05, 0) is 56.3 Å². The average molecular weight is 423 g/mol. The van der Waals surface area contributed by atoms with Gasteiger partial charge in [-0.15, -0.1) is 0 Å². The van der Waals surface area contributed by atoms with Crippen molar-refractivity contribution in [2.45, 2.75) is 49.5 Å². The van der Waals surface area contributed by atoms with E-state index in [4.69, 9.17) is 5.14 Å². The molecule has 0 aromatic heterocycles. The number of sulfonamides is 1. The number of carbonyl (C=O) groups is 2. The number of primary sulfonamides is 1. The number of hydrogen-bond donors (Lipinski definition) is 2. The Morgan fingerprint density at radius 3 is 2.34 bits per heavy atom. The lowest BCUT2D eigenvalue weighted by Gasteiger charge is -2.36. The highest BCUT2D eigenvalue weighted by Crippen LogP contribution is 2.21. The van der Waals surface area contributed by atoms with Crippen LogP contribution in [0.4, 0.5) is 0 Å². The molecule has 1 aromatic carbocycles. The third-order valence-electron chi connectivity index (χ3n) is 5.65. The molecule has 3 N–H and O–H groups in total. The van der Waals surface area contributed by atoms with Gasteiger partial charge in [-0.3, -0.25) is 14.5 Å². The molecular weight excluding hydrogens is 392 g/mol. The lowest BCUT2D eigenvalue weighted by Crippen LogP contribution is -2.53. The van der Waals surface area contributed by atoms with Crippen LogP contribution >= 0.6 is 0 Å². The zero-order valence-corrected chi connectivity index (χ0v) is 17.5. The van der Waals surface area contributed by atoms with Crippen molar-refractivity contribution in [2.75, 3.05) is 32.7 Å². The summed E-state index contributed by atoms with van der Waals surface area (Å²) in [5.74, 6) is 0.0808. The number of likely N-dealkylation sites (tertiary alicyclic amines) is 2. The standard InChI is InChI=1S/C20H30N4O4S/c21-29(27,28)17-8-6-16(7-9-17)10-11-22-19(25)15-24-14-2-1-5-18(24)20(26)23-12-3-4-13-23/h6-9,18H,1-5,10-15H2,(H,22,25)(H2,21,27,28). The second kappa shape index (κ2) is 9.69. The van der Waals surface area contributed by atoms with Gasteiger partial charge in [0.25, 0.3) is 0 Å². The summed E-state index contributed by atoms with van der Waals surface area (Å²) in [6.07, 6.45) is 5.57. The third kappa shape index (κ3) is 6.01. The number of nitrogens with two attached hydrogens (primary N) is 1. The molecule has 0 aliphatic carbocycles. The molecule has 0 radical (unpaired) electrons. The Morgan fingerprint density at radius 2 is 1.69 bits per heavy atom. The summed E-state index contributed by atoms with van der Waals surface area (Å²) in [5.41, 5.74) is 0.915. The van der Waals surface area contributed by atoms with Crippen molar-refractivity contribution >= 4 is 21.8 Å². The summed E-state index contributed by atoms with van der Waals surface area (Å²) in [7, 11) is -3.69. The molecule has 0 bridgehead atoms. The predicted molar refractivity (Wildman–Crippen MR) is 110 cm³/mol. The molecule has 2 fully saturated rings. The highest BCUT2D eigenvalue weighted by Gasteiger charge is 2.33. The largest absolute Gasteiger partial charge is 0.355 e. The Hall–Kier alpha value is -1.97. The van der Waals surface area contributed by atoms with Crippen LogP contribution in [-0.4, -0.2) is 68.8 Å².